The largest absolute Gasteiger partial charge is 0.382 e. The molecule has 7 heteroatoms. The van der Waals surface area contributed by atoms with E-state index in [4.69, 9.17) is 5.73 Å². The third-order valence-corrected chi connectivity index (χ3v) is 4.65. The zero-order chi connectivity index (χ0) is 14.1. The molecule has 0 aliphatic heterocycles. The Morgan fingerprint density at radius 2 is 1.89 bits per heavy atom. The molecule has 104 valence electrons. The van der Waals surface area contributed by atoms with E-state index in [2.05, 4.69) is 23.1 Å². The molecule has 0 spiro atoms. The zero-order valence-corrected chi connectivity index (χ0v) is 13.1. The molecule has 2 N–H and O–H groups in total. The Hall–Kier alpha value is -0.820. The second-order valence-electron chi connectivity index (χ2n) is 5.11. The molecule has 1 heterocycles. The maximum Gasteiger partial charge on any atom is 0.182 e. The molecule has 0 saturated heterocycles. The zero-order valence-electron chi connectivity index (χ0n) is 11.5. The lowest BCUT2D eigenvalue weighted by atomic mass is 10.2. The highest BCUT2D eigenvalue weighted by Gasteiger charge is 2.26. The molecule has 0 unspecified atom stereocenters. The van der Waals surface area contributed by atoms with Gasteiger partial charge in [-0.1, -0.05) is 13.8 Å². The minimum atomic E-state index is -3.35. The molecule has 18 heavy (non-hydrogen) atoms. The molecule has 1 aromatic heterocycles. The Morgan fingerprint density at radius 1 is 1.33 bits per heavy atom. The quantitative estimate of drug-likeness (QED) is 0.898. The van der Waals surface area contributed by atoms with Gasteiger partial charge in [0.1, 0.15) is 9.90 Å². The number of hydrogen-bond donors (Lipinski definition) is 1. The van der Waals surface area contributed by atoms with Crippen molar-refractivity contribution in [1.82, 2.24) is 4.37 Å². The highest BCUT2D eigenvalue weighted by atomic mass is 32.2. The normalized spacial score (nSPS) is 12.4. The Labute approximate surface area is 113 Å². The maximum atomic E-state index is 11.8. The summed E-state index contributed by atoms with van der Waals surface area (Å²) in [5.41, 5.74) is 5.69. The molecule has 1 rings (SSSR count). The SMILES string of the molecule is CC(C)CN(c1snc(N)c1S(C)(=O)=O)C(C)C. The van der Waals surface area contributed by atoms with Crippen LogP contribution < -0.4 is 10.6 Å². The van der Waals surface area contributed by atoms with Crippen molar-refractivity contribution in [3.63, 3.8) is 0 Å². The van der Waals surface area contributed by atoms with Crippen molar-refractivity contribution >= 4 is 32.2 Å². The minimum absolute atomic E-state index is 0.104. The third-order valence-electron chi connectivity index (χ3n) is 2.47. The fourth-order valence-corrected chi connectivity index (χ4v) is 4.08. The van der Waals surface area contributed by atoms with E-state index in [1.807, 2.05) is 13.8 Å². The third kappa shape index (κ3) is 3.35. The first-order chi connectivity index (χ1) is 8.14. The maximum absolute atomic E-state index is 11.8. The average molecular weight is 291 g/mol. The number of nitrogens with two attached hydrogens (primary N) is 1. The van der Waals surface area contributed by atoms with Gasteiger partial charge in [-0.05, 0) is 31.3 Å². The monoisotopic (exact) mass is 291 g/mol. The summed E-state index contributed by atoms with van der Waals surface area (Å²) in [6.07, 6.45) is 1.17. The summed E-state index contributed by atoms with van der Waals surface area (Å²) in [7, 11) is -3.35. The average Bonchev–Trinajstić information content (AvgIpc) is 2.55. The van der Waals surface area contributed by atoms with Gasteiger partial charge in [0.2, 0.25) is 0 Å². The van der Waals surface area contributed by atoms with Crippen LogP contribution in [0.25, 0.3) is 0 Å². The van der Waals surface area contributed by atoms with Crippen LogP contribution in [-0.4, -0.2) is 31.6 Å². The van der Waals surface area contributed by atoms with Crippen LogP contribution in [0.15, 0.2) is 4.90 Å². The first-order valence-electron chi connectivity index (χ1n) is 5.86. The summed E-state index contributed by atoms with van der Waals surface area (Å²) >= 11 is 1.15. The highest BCUT2D eigenvalue weighted by Crippen LogP contribution is 2.35. The van der Waals surface area contributed by atoms with Crippen molar-refractivity contribution in [1.29, 1.82) is 0 Å². The molecule has 1 aromatic rings. The van der Waals surface area contributed by atoms with Crippen LogP contribution in [0, 0.1) is 5.92 Å². The van der Waals surface area contributed by atoms with Crippen LogP contribution >= 0.6 is 11.5 Å². The number of rotatable bonds is 5. The van der Waals surface area contributed by atoms with E-state index in [9.17, 15) is 8.42 Å². The molecule has 0 atom stereocenters. The molecule has 0 saturated carbocycles. The van der Waals surface area contributed by atoms with Gasteiger partial charge in [0, 0.05) is 18.8 Å². The lowest BCUT2D eigenvalue weighted by Gasteiger charge is -2.29. The van der Waals surface area contributed by atoms with Crippen LogP contribution in [0.1, 0.15) is 27.7 Å². The molecule has 0 bridgehead atoms. The van der Waals surface area contributed by atoms with Crippen molar-refractivity contribution < 1.29 is 8.42 Å². The summed E-state index contributed by atoms with van der Waals surface area (Å²) in [5, 5.41) is 0.652. The first kappa shape index (κ1) is 15.2. The Bertz CT molecular complexity index is 506. The van der Waals surface area contributed by atoms with Gasteiger partial charge < -0.3 is 10.6 Å². The second kappa shape index (κ2) is 5.44. The van der Waals surface area contributed by atoms with Gasteiger partial charge in [-0.2, -0.15) is 4.37 Å². The van der Waals surface area contributed by atoms with E-state index in [-0.39, 0.29) is 16.8 Å². The van der Waals surface area contributed by atoms with E-state index in [1.54, 1.807) is 0 Å². The Balaban J connectivity index is 3.30. The summed E-state index contributed by atoms with van der Waals surface area (Å²) in [5.74, 6) is 0.537. The van der Waals surface area contributed by atoms with E-state index < -0.39 is 9.84 Å². The molecular formula is C11H21N3O2S2. The topological polar surface area (TPSA) is 76.3 Å². The van der Waals surface area contributed by atoms with E-state index in [0.717, 1.165) is 18.1 Å². The van der Waals surface area contributed by atoms with Gasteiger partial charge in [-0.15, -0.1) is 0 Å². The first-order valence-corrected chi connectivity index (χ1v) is 8.53. The number of hydrogen-bond acceptors (Lipinski definition) is 6. The molecule has 0 radical (unpaired) electrons. The number of nitrogen functional groups attached to an aromatic ring is 1. The molecule has 0 aliphatic rings. The van der Waals surface area contributed by atoms with Gasteiger partial charge in [-0.25, -0.2) is 8.42 Å². The highest BCUT2D eigenvalue weighted by molar-refractivity contribution is 7.91. The summed E-state index contributed by atoms with van der Waals surface area (Å²) in [6.45, 7) is 9.04. The fraction of sp³-hybridized carbons (Fsp3) is 0.727. The van der Waals surface area contributed by atoms with Crippen molar-refractivity contribution in [2.24, 2.45) is 5.92 Å². The molecule has 0 aliphatic carbocycles. The smallest absolute Gasteiger partial charge is 0.182 e. The van der Waals surface area contributed by atoms with Crippen LogP contribution in [0.5, 0.6) is 0 Å². The lowest BCUT2D eigenvalue weighted by molar-refractivity contribution is 0.569. The second-order valence-corrected chi connectivity index (χ2v) is 7.82. The number of sulfone groups is 1. The van der Waals surface area contributed by atoms with Crippen molar-refractivity contribution in [2.45, 2.75) is 38.6 Å². The standard InChI is InChI=1S/C11H21N3O2S2/c1-7(2)6-14(8(3)4)11-9(18(5,15)16)10(12)13-17-11/h7-8H,6H2,1-5H3,(H2,12,13). The lowest BCUT2D eigenvalue weighted by Crippen LogP contribution is -2.34. The molecule has 0 amide bonds. The van der Waals surface area contributed by atoms with Crippen molar-refractivity contribution in [2.75, 3.05) is 23.4 Å². The summed E-state index contributed by atoms with van der Waals surface area (Å²) in [4.78, 5) is 2.22. The van der Waals surface area contributed by atoms with Crippen molar-refractivity contribution in [3.8, 4) is 0 Å². The van der Waals surface area contributed by atoms with Gasteiger partial charge in [0.25, 0.3) is 0 Å². The number of anilines is 2. The molecule has 0 aromatic carbocycles. The van der Waals surface area contributed by atoms with Crippen LogP contribution in [0.4, 0.5) is 10.8 Å². The van der Waals surface area contributed by atoms with Gasteiger partial charge >= 0.3 is 0 Å². The predicted octanol–water partition coefficient (Wildman–Crippen LogP) is 2.00. The Kier molecular flexibility index (Phi) is 4.61. The molecule has 5 nitrogen and oxygen atoms in total. The predicted molar refractivity (Wildman–Crippen MR) is 77.0 cm³/mol. The number of aromatic nitrogens is 1. The van der Waals surface area contributed by atoms with E-state index in [0.29, 0.717) is 10.9 Å². The van der Waals surface area contributed by atoms with Crippen LogP contribution in [0.3, 0.4) is 0 Å². The summed E-state index contributed by atoms with van der Waals surface area (Å²) < 4.78 is 27.6. The molecule has 0 fully saturated rings. The molecular weight excluding hydrogens is 270 g/mol. The van der Waals surface area contributed by atoms with Crippen molar-refractivity contribution in [3.05, 3.63) is 0 Å². The van der Waals surface area contributed by atoms with E-state index in [1.165, 1.54) is 6.26 Å². The van der Waals surface area contributed by atoms with Crippen LogP contribution in [0.2, 0.25) is 0 Å². The van der Waals surface area contributed by atoms with Gasteiger partial charge in [0.05, 0.1) is 0 Å². The minimum Gasteiger partial charge on any atom is -0.382 e. The fourth-order valence-electron chi connectivity index (χ4n) is 1.74. The Morgan fingerprint density at radius 3 is 2.28 bits per heavy atom. The summed E-state index contributed by atoms with van der Waals surface area (Å²) in [6, 6.07) is 0.202. The van der Waals surface area contributed by atoms with Gasteiger partial charge in [0.15, 0.2) is 15.7 Å². The number of nitrogens with zero attached hydrogens (tertiary/aromatic N) is 2. The van der Waals surface area contributed by atoms with Crippen LogP contribution in [-0.2, 0) is 9.84 Å². The van der Waals surface area contributed by atoms with E-state index >= 15 is 0 Å². The van der Waals surface area contributed by atoms with Gasteiger partial charge in [-0.3, -0.25) is 0 Å².